The summed E-state index contributed by atoms with van der Waals surface area (Å²) in [5, 5.41) is 8.74. The maximum absolute atomic E-state index is 3.87. The molecule has 0 unspecified atom stereocenters. The summed E-state index contributed by atoms with van der Waals surface area (Å²) in [5.41, 5.74) is 11.3. The van der Waals surface area contributed by atoms with Gasteiger partial charge in [0.2, 0.25) is 0 Å². The highest BCUT2D eigenvalue weighted by molar-refractivity contribution is 6.16. The van der Waals surface area contributed by atoms with Gasteiger partial charge in [0.05, 0.1) is 22.4 Å². The minimum Gasteiger partial charge on any atom is -0.353 e. The smallest absolute Gasteiger partial charge is 0.0704 e. The Bertz CT molecular complexity index is 1980. The van der Waals surface area contributed by atoms with Crippen LogP contribution in [0.2, 0.25) is 0 Å². The standard InChI is InChI=1S/C36H25N3/c1-3-11-23(12-4-1)25-19-29-27-15-7-9-17-31(27)38-35(29)33(21-25)37-34-22-26(24-13-5-2-6-14-24)20-30-28-16-8-10-18-32(28)39-36(30)34/h1-22,37-39H. The fourth-order valence-corrected chi connectivity index (χ4v) is 5.84. The van der Waals surface area contributed by atoms with E-state index in [1.807, 2.05) is 0 Å². The summed E-state index contributed by atoms with van der Waals surface area (Å²) >= 11 is 0. The van der Waals surface area contributed by atoms with Crippen molar-refractivity contribution in [3.63, 3.8) is 0 Å². The fourth-order valence-electron chi connectivity index (χ4n) is 5.84. The van der Waals surface area contributed by atoms with Gasteiger partial charge in [-0.15, -0.1) is 0 Å². The molecule has 0 radical (unpaired) electrons. The first-order valence-electron chi connectivity index (χ1n) is 13.3. The van der Waals surface area contributed by atoms with Crippen LogP contribution in [0.1, 0.15) is 0 Å². The Hall–Kier alpha value is -5.28. The molecule has 0 fully saturated rings. The van der Waals surface area contributed by atoms with Crippen molar-refractivity contribution in [3.8, 4) is 22.3 Å². The molecule has 6 aromatic carbocycles. The van der Waals surface area contributed by atoms with E-state index >= 15 is 0 Å². The monoisotopic (exact) mass is 499 g/mol. The molecule has 184 valence electrons. The molecule has 3 N–H and O–H groups in total. The average Bonchev–Trinajstić information content (AvgIpc) is 3.57. The van der Waals surface area contributed by atoms with E-state index in [9.17, 15) is 0 Å². The van der Waals surface area contributed by atoms with Crippen LogP contribution in [0.3, 0.4) is 0 Å². The van der Waals surface area contributed by atoms with Crippen molar-refractivity contribution in [1.29, 1.82) is 0 Å². The van der Waals surface area contributed by atoms with Gasteiger partial charge in [-0.25, -0.2) is 0 Å². The number of aromatic nitrogens is 2. The van der Waals surface area contributed by atoms with Crippen LogP contribution in [0, 0.1) is 0 Å². The largest absolute Gasteiger partial charge is 0.353 e. The van der Waals surface area contributed by atoms with E-state index in [1.165, 1.54) is 43.8 Å². The van der Waals surface area contributed by atoms with E-state index in [4.69, 9.17) is 0 Å². The highest BCUT2D eigenvalue weighted by atomic mass is 14.9. The van der Waals surface area contributed by atoms with Crippen LogP contribution in [0.5, 0.6) is 0 Å². The number of hydrogen-bond donors (Lipinski definition) is 3. The summed E-state index contributed by atoms with van der Waals surface area (Å²) in [6.07, 6.45) is 0. The lowest BCUT2D eigenvalue weighted by Gasteiger charge is -2.14. The van der Waals surface area contributed by atoms with Gasteiger partial charge in [-0.2, -0.15) is 0 Å². The Morgan fingerprint density at radius 1 is 0.359 bits per heavy atom. The summed E-state index contributed by atoms with van der Waals surface area (Å²) in [4.78, 5) is 7.39. The molecule has 0 amide bonds. The zero-order valence-electron chi connectivity index (χ0n) is 21.2. The molecular weight excluding hydrogens is 474 g/mol. The Kier molecular flexibility index (Phi) is 4.82. The van der Waals surface area contributed by atoms with Crippen molar-refractivity contribution in [1.82, 2.24) is 9.97 Å². The van der Waals surface area contributed by atoms with Gasteiger partial charge < -0.3 is 15.3 Å². The van der Waals surface area contributed by atoms with Crippen LogP contribution in [-0.2, 0) is 0 Å². The Balaban J connectivity index is 1.40. The van der Waals surface area contributed by atoms with E-state index in [-0.39, 0.29) is 0 Å². The van der Waals surface area contributed by atoms with Crippen LogP contribution in [0.4, 0.5) is 11.4 Å². The minimum absolute atomic E-state index is 1.05. The lowest BCUT2D eigenvalue weighted by atomic mass is 10.00. The second-order valence-corrected chi connectivity index (χ2v) is 10.1. The van der Waals surface area contributed by atoms with Gasteiger partial charge in [0.15, 0.2) is 0 Å². The van der Waals surface area contributed by atoms with E-state index < -0.39 is 0 Å². The number of hydrogen-bond acceptors (Lipinski definition) is 1. The first-order valence-corrected chi connectivity index (χ1v) is 13.3. The van der Waals surface area contributed by atoms with Gasteiger partial charge in [0.25, 0.3) is 0 Å². The Morgan fingerprint density at radius 2 is 0.769 bits per heavy atom. The van der Waals surface area contributed by atoms with E-state index in [0.717, 1.165) is 33.4 Å². The van der Waals surface area contributed by atoms with Gasteiger partial charge in [0.1, 0.15) is 0 Å². The first kappa shape index (κ1) is 21.8. The lowest BCUT2D eigenvalue weighted by Crippen LogP contribution is -1.95. The lowest BCUT2D eigenvalue weighted by molar-refractivity contribution is 1.49. The van der Waals surface area contributed by atoms with Crippen LogP contribution >= 0.6 is 0 Å². The summed E-state index contributed by atoms with van der Waals surface area (Å²) in [7, 11) is 0. The quantitative estimate of drug-likeness (QED) is 0.222. The first-order chi connectivity index (χ1) is 19.3. The molecule has 2 heterocycles. The van der Waals surface area contributed by atoms with Crippen molar-refractivity contribution in [2.24, 2.45) is 0 Å². The van der Waals surface area contributed by atoms with Crippen LogP contribution in [0.25, 0.3) is 65.9 Å². The number of aromatic amines is 2. The van der Waals surface area contributed by atoms with Crippen molar-refractivity contribution in [2.45, 2.75) is 0 Å². The second kappa shape index (κ2) is 8.64. The van der Waals surface area contributed by atoms with Gasteiger partial charge in [-0.3, -0.25) is 0 Å². The normalized spacial score (nSPS) is 11.6. The van der Waals surface area contributed by atoms with Crippen molar-refractivity contribution in [2.75, 3.05) is 5.32 Å². The highest BCUT2D eigenvalue weighted by Gasteiger charge is 2.16. The molecule has 0 aliphatic heterocycles. The maximum atomic E-state index is 3.87. The fraction of sp³-hybridized carbons (Fsp3) is 0. The molecule has 3 heteroatoms. The summed E-state index contributed by atoms with van der Waals surface area (Å²) < 4.78 is 0. The Morgan fingerprint density at radius 3 is 1.23 bits per heavy atom. The molecular formula is C36H25N3. The second-order valence-electron chi connectivity index (χ2n) is 10.1. The number of benzene rings is 6. The minimum atomic E-state index is 1.05. The van der Waals surface area contributed by atoms with Gasteiger partial charge in [-0.05, 0) is 58.7 Å². The third kappa shape index (κ3) is 3.59. The maximum Gasteiger partial charge on any atom is 0.0704 e. The molecule has 0 spiro atoms. The number of fused-ring (bicyclic) bond motifs is 6. The van der Waals surface area contributed by atoms with Gasteiger partial charge >= 0.3 is 0 Å². The molecule has 2 aromatic heterocycles. The van der Waals surface area contributed by atoms with Crippen LogP contribution < -0.4 is 5.32 Å². The summed E-state index contributed by atoms with van der Waals surface area (Å²) in [5.74, 6) is 0. The molecule has 0 atom stereocenters. The van der Waals surface area contributed by atoms with Gasteiger partial charge in [0, 0.05) is 32.6 Å². The van der Waals surface area contributed by atoms with Crippen molar-refractivity contribution in [3.05, 3.63) is 133 Å². The number of anilines is 2. The summed E-state index contributed by atoms with van der Waals surface area (Å²) in [6.45, 7) is 0. The molecule has 0 bridgehead atoms. The molecule has 8 rings (SSSR count). The zero-order valence-corrected chi connectivity index (χ0v) is 21.2. The molecule has 0 saturated carbocycles. The number of H-pyrrole nitrogens is 2. The van der Waals surface area contributed by atoms with Gasteiger partial charge in [-0.1, -0.05) is 97.1 Å². The molecule has 0 aliphatic carbocycles. The van der Waals surface area contributed by atoms with Crippen molar-refractivity contribution < 1.29 is 0 Å². The van der Waals surface area contributed by atoms with E-state index in [2.05, 4.69) is 149 Å². The van der Waals surface area contributed by atoms with E-state index in [0.29, 0.717) is 0 Å². The molecule has 0 aliphatic rings. The number of rotatable bonds is 4. The molecule has 3 nitrogen and oxygen atoms in total. The topological polar surface area (TPSA) is 43.6 Å². The number of nitrogens with one attached hydrogen (secondary N) is 3. The van der Waals surface area contributed by atoms with Crippen LogP contribution in [0.15, 0.2) is 133 Å². The molecule has 0 saturated heterocycles. The van der Waals surface area contributed by atoms with E-state index in [1.54, 1.807) is 0 Å². The molecule has 39 heavy (non-hydrogen) atoms. The number of para-hydroxylation sites is 2. The predicted octanol–water partition coefficient (Wildman–Crippen LogP) is 10.0. The highest BCUT2D eigenvalue weighted by Crippen LogP contribution is 2.40. The van der Waals surface area contributed by atoms with Crippen molar-refractivity contribution >= 4 is 55.0 Å². The third-order valence-corrected chi connectivity index (χ3v) is 7.71. The SMILES string of the molecule is c1ccc(-c2cc(Nc3cc(-c4ccccc4)cc4c3[nH]c3ccccc34)c3[nH]c4ccccc4c3c2)cc1. The zero-order chi connectivity index (χ0) is 25.8. The Labute approximate surface area is 225 Å². The third-order valence-electron chi connectivity index (χ3n) is 7.71. The average molecular weight is 500 g/mol. The molecule has 8 aromatic rings. The summed E-state index contributed by atoms with van der Waals surface area (Å²) in [6, 6.07) is 47.4. The predicted molar refractivity (Wildman–Crippen MR) is 166 cm³/mol. The van der Waals surface area contributed by atoms with Crippen LogP contribution in [-0.4, -0.2) is 9.97 Å².